The van der Waals surface area contributed by atoms with Gasteiger partial charge in [-0.05, 0) is 65.9 Å². The Balaban J connectivity index is 1.35. The zero-order valence-electron chi connectivity index (χ0n) is 17.8. The van der Waals surface area contributed by atoms with Crippen LogP contribution >= 0.6 is 0 Å². The maximum absolute atomic E-state index is 12.8. The van der Waals surface area contributed by atoms with Gasteiger partial charge in [0.2, 0.25) is 0 Å². The lowest BCUT2D eigenvalue weighted by molar-refractivity contribution is 0.0624. The van der Waals surface area contributed by atoms with Crippen molar-refractivity contribution in [3.63, 3.8) is 0 Å². The van der Waals surface area contributed by atoms with E-state index in [1.54, 1.807) is 23.9 Å². The number of carbonyl (C=O) groups excluding carboxylic acids is 1. The quantitative estimate of drug-likeness (QED) is 0.576. The van der Waals surface area contributed by atoms with Crippen LogP contribution in [-0.2, 0) is 6.54 Å². The second kappa shape index (κ2) is 9.57. The van der Waals surface area contributed by atoms with Crippen LogP contribution in [0.4, 0.5) is 0 Å². The molecule has 4 rings (SSSR count). The minimum Gasteiger partial charge on any atom is -0.497 e. The number of tetrazole rings is 1. The van der Waals surface area contributed by atoms with Crippen molar-refractivity contribution in [1.29, 1.82) is 0 Å². The Labute approximate surface area is 181 Å². The number of hydrogen-bond donors (Lipinski definition) is 0. The topological polar surface area (TPSA) is 85.6 Å². The first-order valence-corrected chi connectivity index (χ1v) is 10.3. The number of nitrogens with zero attached hydrogens (tertiary/aromatic N) is 6. The van der Waals surface area contributed by atoms with E-state index in [4.69, 9.17) is 9.47 Å². The van der Waals surface area contributed by atoms with Crippen LogP contribution in [0.3, 0.4) is 0 Å². The van der Waals surface area contributed by atoms with Crippen LogP contribution < -0.4 is 9.47 Å². The summed E-state index contributed by atoms with van der Waals surface area (Å²) >= 11 is 0. The fraction of sp³-hybridized carbons (Fsp3) is 0.364. The zero-order chi connectivity index (χ0) is 21.6. The summed E-state index contributed by atoms with van der Waals surface area (Å²) in [5.41, 5.74) is 1.56. The van der Waals surface area contributed by atoms with Gasteiger partial charge in [-0.1, -0.05) is 0 Å². The third kappa shape index (κ3) is 4.83. The van der Waals surface area contributed by atoms with E-state index in [2.05, 4.69) is 20.4 Å². The van der Waals surface area contributed by atoms with Gasteiger partial charge in [-0.3, -0.25) is 9.69 Å². The van der Waals surface area contributed by atoms with Crippen LogP contribution in [0, 0.1) is 0 Å². The molecule has 9 nitrogen and oxygen atoms in total. The van der Waals surface area contributed by atoms with Crippen molar-refractivity contribution in [1.82, 2.24) is 30.0 Å². The molecular weight excluding hydrogens is 396 g/mol. The SMILES string of the molecule is CCOc1ccc(-n2nnnc2CN2CCN(C(=O)c3ccc(OC)cc3)CC2)cc1. The van der Waals surface area contributed by atoms with Crippen molar-refractivity contribution in [2.45, 2.75) is 13.5 Å². The molecule has 31 heavy (non-hydrogen) atoms. The molecule has 1 aliphatic rings. The predicted octanol–water partition coefficient (Wildman–Crippen LogP) is 2.03. The number of aromatic nitrogens is 4. The average molecular weight is 422 g/mol. The van der Waals surface area contributed by atoms with Crippen LogP contribution in [-0.4, -0.2) is 75.8 Å². The van der Waals surface area contributed by atoms with Gasteiger partial charge in [0.05, 0.1) is 25.9 Å². The molecule has 2 aromatic carbocycles. The normalized spacial score (nSPS) is 14.5. The molecule has 0 unspecified atom stereocenters. The Morgan fingerprint density at radius 3 is 2.29 bits per heavy atom. The van der Waals surface area contributed by atoms with Crippen molar-refractivity contribution in [2.24, 2.45) is 0 Å². The first-order chi connectivity index (χ1) is 15.2. The van der Waals surface area contributed by atoms with Crippen molar-refractivity contribution in [2.75, 3.05) is 39.9 Å². The van der Waals surface area contributed by atoms with E-state index >= 15 is 0 Å². The van der Waals surface area contributed by atoms with Gasteiger partial charge >= 0.3 is 0 Å². The van der Waals surface area contributed by atoms with Gasteiger partial charge < -0.3 is 14.4 Å². The second-order valence-electron chi connectivity index (χ2n) is 7.23. The molecule has 0 atom stereocenters. The molecule has 162 valence electrons. The highest BCUT2D eigenvalue weighted by Gasteiger charge is 2.23. The van der Waals surface area contributed by atoms with Crippen molar-refractivity contribution in [3.8, 4) is 17.2 Å². The van der Waals surface area contributed by atoms with Crippen LogP contribution in [0.15, 0.2) is 48.5 Å². The summed E-state index contributed by atoms with van der Waals surface area (Å²) in [6.07, 6.45) is 0. The number of piperazine rings is 1. The molecule has 0 radical (unpaired) electrons. The van der Waals surface area contributed by atoms with Gasteiger partial charge in [0.1, 0.15) is 11.5 Å². The lowest BCUT2D eigenvalue weighted by Gasteiger charge is -2.34. The van der Waals surface area contributed by atoms with Crippen LogP contribution in [0.5, 0.6) is 11.5 Å². The first-order valence-electron chi connectivity index (χ1n) is 10.3. The third-order valence-corrected chi connectivity index (χ3v) is 5.29. The minimum absolute atomic E-state index is 0.0431. The summed E-state index contributed by atoms with van der Waals surface area (Å²) < 4.78 is 12.4. The van der Waals surface area contributed by atoms with E-state index in [-0.39, 0.29) is 5.91 Å². The standard InChI is InChI=1S/C22H26N6O3/c1-3-31-20-10-6-18(7-11-20)28-21(23-24-25-28)16-26-12-14-27(15-13-26)22(29)17-4-8-19(30-2)9-5-17/h4-11H,3,12-16H2,1-2H3. The molecular formula is C22H26N6O3. The molecule has 3 aromatic rings. The molecule has 0 N–H and O–H groups in total. The Hall–Kier alpha value is -3.46. The summed E-state index contributed by atoms with van der Waals surface area (Å²) in [4.78, 5) is 16.9. The average Bonchev–Trinajstić information content (AvgIpc) is 3.28. The van der Waals surface area contributed by atoms with Crippen molar-refractivity contribution >= 4 is 5.91 Å². The highest BCUT2D eigenvalue weighted by Crippen LogP contribution is 2.17. The van der Waals surface area contributed by atoms with Crippen molar-refractivity contribution < 1.29 is 14.3 Å². The molecule has 9 heteroatoms. The molecule has 0 saturated carbocycles. The minimum atomic E-state index is 0.0431. The Morgan fingerprint density at radius 2 is 1.65 bits per heavy atom. The summed E-state index contributed by atoms with van der Waals surface area (Å²) in [5.74, 6) is 2.37. The molecule has 2 heterocycles. The van der Waals surface area contributed by atoms with Gasteiger partial charge in [-0.25, -0.2) is 0 Å². The predicted molar refractivity (Wildman–Crippen MR) is 114 cm³/mol. The second-order valence-corrected chi connectivity index (χ2v) is 7.23. The lowest BCUT2D eigenvalue weighted by atomic mass is 10.1. The number of benzene rings is 2. The number of hydrogen-bond acceptors (Lipinski definition) is 7. The molecule has 1 fully saturated rings. The van der Waals surface area contributed by atoms with Gasteiger partial charge in [-0.15, -0.1) is 5.10 Å². The molecule has 0 bridgehead atoms. The first kappa shape index (κ1) is 20.8. The van der Waals surface area contributed by atoms with Gasteiger partial charge in [-0.2, -0.15) is 4.68 Å². The van der Waals surface area contributed by atoms with E-state index in [1.807, 2.05) is 48.2 Å². The van der Waals surface area contributed by atoms with E-state index < -0.39 is 0 Å². The summed E-state index contributed by atoms with van der Waals surface area (Å²) in [6, 6.07) is 14.9. The van der Waals surface area contributed by atoms with E-state index in [0.717, 1.165) is 36.1 Å². The third-order valence-electron chi connectivity index (χ3n) is 5.29. The zero-order valence-corrected chi connectivity index (χ0v) is 17.8. The molecule has 1 aromatic heterocycles. The number of amides is 1. The highest BCUT2D eigenvalue weighted by molar-refractivity contribution is 5.94. The number of methoxy groups -OCH3 is 1. The Kier molecular flexibility index (Phi) is 6.42. The largest absolute Gasteiger partial charge is 0.497 e. The summed E-state index contributed by atoms with van der Waals surface area (Å²) in [5, 5.41) is 12.2. The molecule has 0 spiro atoms. The summed E-state index contributed by atoms with van der Waals surface area (Å²) in [6.45, 7) is 6.05. The molecule has 1 amide bonds. The Morgan fingerprint density at radius 1 is 0.968 bits per heavy atom. The molecule has 1 aliphatic heterocycles. The van der Waals surface area contributed by atoms with Crippen molar-refractivity contribution in [3.05, 3.63) is 59.9 Å². The Bertz CT molecular complexity index is 995. The van der Waals surface area contributed by atoms with Gasteiger partial charge in [0.15, 0.2) is 5.82 Å². The molecule has 0 aliphatic carbocycles. The summed E-state index contributed by atoms with van der Waals surface area (Å²) in [7, 11) is 1.61. The highest BCUT2D eigenvalue weighted by atomic mass is 16.5. The fourth-order valence-corrected chi connectivity index (χ4v) is 3.58. The fourth-order valence-electron chi connectivity index (χ4n) is 3.58. The van der Waals surface area contributed by atoms with Crippen LogP contribution in [0.1, 0.15) is 23.1 Å². The van der Waals surface area contributed by atoms with Gasteiger partial charge in [0, 0.05) is 31.7 Å². The lowest BCUT2D eigenvalue weighted by Crippen LogP contribution is -2.48. The monoisotopic (exact) mass is 422 g/mol. The smallest absolute Gasteiger partial charge is 0.253 e. The van der Waals surface area contributed by atoms with Crippen LogP contribution in [0.2, 0.25) is 0 Å². The number of carbonyl (C=O) groups is 1. The number of ether oxygens (including phenoxy) is 2. The van der Waals surface area contributed by atoms with E-state index in [1.165, 1.54) is 0 Å². The van der Waals surface area contributed by atoms with Gasteiger partial charge in [0.25, 0.3) is 5.91 Å². The maximum Gasteiger partial charge on any atom is 0.253 e. The van der Waals surface area contributed by atoms with E-state index in [0.29, 0.717) is 31.8 Å². The molecule has 1 saturated heterocycles. The number of rotatable bonds is 7. The van der Waals surface area contributed by atoms with Crippen LogP contribution in [0.25, 0.3) is 5.69 Å². The maximum atomic E-state index is 12.8. The van der Waals surface area contributed by atoms with E-state index in [9.17, 15) is 4.79 Å².